The van der Waals surface area contributed by atoms with E-state index in [9.17, 15) is 13.2 Å². The first kappa shape index (κ1) is 14.9. The lowest BCUT2D eigenvalue weighted by Crippen LogP contribution is -2.28. The summed E-state index contributed by atoms with van der Waals surface area (Å²) in [6.07, 6.45) is 0.0780. The second-order valence-electron chi connectivity index (χ2n) is 4.44. The minimum atomic E-state index is -3.63. The Hall–Kier alpha value is -1.45. The summed E-state index contributed by atoms with van der Waals surface area (Å²) in [6.45, 7) is 0.179. The molecule has 0 aromatic carbocycles. The highest BCUT2D eigenvalue weighted by atomic mass is 35.5. The zero-order valence-electron chi connectivity index (χ0n) is 10.6. The van der Waals surface area contributed by atoms with E-state index in [-0.39, 0.29) is 47.5 Å². The number of carbonyl (C=O) groups excluding carboxylic acids is 1. The molecule has 1 saturated heterocycles. The minimum Gasteiger partial charge on any atom is -0.481 e. The molecule has 1 amide bonds. The quantitative estimate of drug-likeness (QED) is 0.767. The van der Waals surface area contributed by atoms with Gasteiger partial charge < -0.3 is 4.74 Å². The Morgan fingerprint density at radius 2 is 2.25 bits per heavy atom. The number of amides is 1. The average molecular weight is 321 g/mol. The molecule has 1 atom stereocenters. The first-order valence-electron chi connectivity index (χ1n) is 5.68. The Morgan fingerprint density at radius 3 is 2.85 bits per heavy atom. The number of carbonyl (C=O) groups is 1. The highest BCUT2D eigenvalue weighted by Gasteiger charge is 2.34. The van der Waals surface area contributed by atoms with Crippen LogP contribution in [0.4, 0.5) is 5.95 Å². The number of aromatic nitrogens is 2. The smallest absolute Gasteiger partial charge is 0.236 e. The molecule has 10 heteroatoms. The molecule has 1 aromatic heterocycles. The summed E-state index contributed by atoms with van der Waals surface area (Å²) in [4.78, 5) is 21.2. The van der Waals surface area contributed by atoms with Crippen LogP contribution in [0.2, 0.25) is 5.15 Å². The van der Waals surface area contributed by atoms with Gasteiger partial charge in [-0.2, -0.15) is 4.98 Å². The SMILES string of the molecule is COc1cc(Cl)nc(N2CC(CS(N)(=O)=O)CC2=O)n1. The van der Waals surface area contributed by atoms with Gasteiger partial charge in [0.25, 0.3) is 0 Å². The molecular formula is C10H13ClN4O4S. The normalized spacial score (nSPS) is 19.4. The number of hydrogen-bond donors (Lipinski definition) is 1. The molecule has 20 heavy (non-hydrogen) atoms. The maximum absolute atomic E-state index is 11.9. The maximum atomic E-state index is 11.9. The van der Waals surface area contributed by atoms with Gasteiger partial charge in [-0.15, -0.1) is 0 Å². The number of rotatable bonds is 4. The largest absolute Gasteiger partial charge is 0.481 e. The Balaban J connectivity index is 2.21. The van der Waals surface area contributed by atoms with Crippen LogP contribution in [0.15, 0.2) is 6.07 Å². The van der Waals surface area contributed by atoms with Crippen LogP contribution in [0.1, 0.15) is 6.42 Å². The Labute approximate surface area is 120 Å². The van der Waals surface area contributed by atoms with E-state index in [4.69, 9.17) is 21.5 Å². The minimum absolute atomic E-state index is 0.0780. The van der Waals surface area contributed by atoms with E-state index in [1.54, 1.807) is 0 Å². The third kappa shape index (κ3) is 3.56. The predicted octanol–water partition coefficient (Wildman–Crippen LogP) is -0.220. The number of ether oxygens (including phenoxy) is 1. The summed E-state index contributed by atoms with van der Waals surface area (Å²) >= 11 is 5.81. The van der Waals surface area contributed by atoms with Crippen molar-refractivity contribution in [2.45, 2.75) is 6.42 Å². The molecule has 8 nitrogen and oxygen atoms in total. The van der Waals surface area contributed by atoms with Gasteiger partial charge in [-0.3, -0.25) is 9.69 Å². The predicted molar refractivity (Wildman–Crippen MR) is 72.0 cm³/mol. The molecule has 1 aliphatic heterocycles. The van der Waals surface area contributed by atoms with Crippen molar-refractivity contribution >= 4 is 33.5 Å². The second kappa shape index (κ2) is 5.51. The van der Waals surface area contributed by atoms with Gasteiger partial charge in [-0.25, -0.2) is 18.5 Å². The average Bonchev–Trinajstić information content (AvgIpc) is 2.66. The first-order chi connectivity index (χ1) is 9.28. The lowest BCUT2D eigenvalue weighted by atomic mass is 10.1. The summed E-state index contributed by atoms with van der Waals surface area (Å²) in [5, 5.41) is 5.12. The number of hydrogen-bond acceptors (Lipinski definition) is 6. The summed E-state index contributed by atoms with van der Waals surface area (Å²) in [5.74, 6) is -0.597. The highest BCUT2D eigenvalue weighted by molar-refractivity contribution is 7.89. The second-order valence-corrected chi connectivity index (χ2v) is 6.48. The van der Waals surface area contributed by atoms with Gasteiger partial charge >= 0.3 is 0 Å². The molecule has 2 N–H and O–H groups in total. The van der Waals surface area contributed by atoms with Gasteiger partial charge in [0.15, 0.2) is 0 Å². The molecule has 1 unspecified atom stereocenters. The molecule has 0 spiro atoms. The molecule has 1 fully saturated rings. The van der Waals surface area contributed by atoms with Crippen molar-refractivity contribution in [2.24, 2.45) is 11.1 Å². The number of primary sulfonamides is 1. The summed E-state index contributed by atoms with van der Waals surface area (Å²) in [6, 6.07) is 1.41. The highest BCUT2D eigenvalue weighted by Crippen LogP contribution is 2.25. The van der Waals surface area contributed by atoms with Gasteiger partial charge in [0.2, 0.25) is 27.8 Å². The van der Waals surface area contributed by atoms with Crippen molar-refractivity contribution in [3.05, 3.63) is 11.2 Å². The van der Waals surface area contributed by atoms with Gasteiger partial charge in [0.1, 0.15) is 5.15 Å². The molecule has 0 bridgehead atoms. The molecule has 1 aromatic rings. The Bertz CT molecular complexity index is 636. The Morgan fingerprint density at radius 1 is 1.55 bits per heavy atom. The lowest BCUT2D eigenvalue weighted by Gasteiger charge is -2.15. The zero-order valence-corrected chi connectivity index (χ0v) is 12.2. The summed E-state index contributed by atoms with van der Waals surface area (Å²) in [5.41, 5.74) is 0. The molecule has 0 radical (unpaired) electrons. The molecule has 2 rings (SSSR count). The molecule has 0 aliphatic carbocycles. The Kier molecular flexibility index (Phi) is 4.11. The number of halogens is 1. The third-order valence-corrected chi connectivity index (χ3v) is 3.91. The van der Waals surface area contributed by atoms with Crippen LogP contribution in [0.25, 0.3) is 0 Å². The van der Waals surface area contributed by atoms with E-state index in [0.29, 0.717) is 0 Å². The van der Waals surface area contributed by atoms with Crippen molar-refractivity contribution in [3.63, 3.8) is 0 Å². The van der Waals surface area contributed by atoms with Crippen LogP contribution in [-0.4, -0.2) is 43.7 Å². The van der Waals surface area contributed by atoms with Gasteiger partial charge in [0, 0.05) is 24.9 Å². The van der Waals surface area contributed by atoms with E-state index < -0.39 is 10.0 Å². The fraction of sp³-hybridized carbons (Fsp3) is 0.500. The third-order valence-electron chi connectivity index (χ3n) is 2.78. The van der Waals surface area contributed by atoms with E-state index in [1.165, 1.54) is 18.1 Å². The summed E-state index contributed by atoms with van der Waals surface area (Å²) in [7, 11) is -2.21. The number of sulfonamides is 1. The standard InChI is InChI=1S/C10H13ClN4O4S/c1-19-8-3-7(11)13-10(14-8)15-4-6(2-9(15)16)5-20(12,17)18/h3,6H,2,4-5H2,1H3,(H2,12,17,18). The van der Waals surface area contributed by atoms with Crippen LogP contribution < -0.4 is 14.8 Å². The fourth-order valence-corrected chi connectivity index (χ4v) is 3.08. The van der Waals surface area contributed by atoms with Crippen LogP contribution in [0.3, 0.4) is 0 Å². The van der Waals surface area contributed by atoms with Crippen molar-refractivity contribution in [1.29, 1.82) is 0 Å². The molecule has 2 heterocycles. The van der Waals surface area contributed by atoms with E-state index >= 15 is 0 Å². The molecule has 110 valence electrons. The zero-order chi connectivity index (χ0) is 14.9. The molecular weight excluding hydrogens is 308 g/mol. The monoisotopic (exact) mass is 320 g/mol. The molecule has 1 aliphatic rings. The van der Waals surface area contributed by atoms with Gasteiger partial charge in [-0.1, -0.05) is 11.6 Å². The van der Waals surface area contributed by atoms with Gasteiger partial charge in [-0.05, 0) is 0 Å². The topological polar surface area (TPSA) is 115 Å². The van der Waals surface area contributed by atoms with Crippen LogP contribution >= 0.6 is 11.6 Å². The van der Waals surface area contributed by atoms with Crippen LogP contribution in [-0.2, 0) is 14.8 Å². The van der Waals surface area contributed by atoms with Crippen LogP contribution in [0, 0.1) is 5.92 Å². The fourth-order valence-electron chi connectivity index (χ4n) is 2.03. The maximum Gasteiger partial charge on any atom is 0.236 e. The van der Waals surface area contributed by atoms with Crippen molar-refractivity contribution in [1.82, 2.24) is 9.97 Å². The van der Waals surface area contributed by atoms with Gasteiger partial charge in [0.05, 0.1) is 12.9 Å². The van der Waals surface area contributed by atoms with Crippen molar-refractivity contribution in [3.8, 4) is 5.88 Å². The summed E-state index contributed by atoms with van der Waals surface area (Å²) < 4.78 is 27.1. The number of nitrogens with two attached hydrogens (primary N) is 1. The van der Waals surface area contributed by atoms with E-state index in [2.05, 4.69) is 9.97 Å². The number of anilines is 1. The van der Waals surface area contributed by atoms with Crippen molar-refractivity contribution in [2.75, 3.05) is 24.3 Å². The van der Waals surface area contributed by atoms with E-state index in [1.807, 2.05) is 0 Å². The number of nitrogens with zero attached hydrogens (tertiary/aromatic N) is 3. The van der Waals surface area contributed by atoms with Crippen molar-refractivity contribution < 1.29 is 17.9 Å². The first-order valence-corrected chi connectivity index (χ1v) is 7.77. The molecule has 0 saturated carbocycles. The lowest BCUT2D eigenvalue weighted by molar-refractivity contribution is -0.117. The van der Waals surface area contributed by atoms with E-state index in [0.717, 1.165) is 0 Å². The van der Waals surface area contributed by atoms with Crippen LogP contribution in [0.5, 0.6) is 5.88 Å². The number of methoxy groups -OCH3 is 1.